The van der Waals surface area contributed by atoms with Gasteiger partial charge in [-0.3, -0.25) is 4.79 Å². The SMILES string of the molecule is CCCc1nnc(-c2cc3ccccc3n2CC(=O)N2CCc3ccccc32)o1. The van der Waals surface area contributed by atoms with E-state index in [0.717, 1.165) is 41.5 Å². The first-order chi connectivity index (χ1) is 14.2. The molecule has 5 rings (SSSR count). The van der Waals surface area contributed by atoms with Crippen LogP contribution in [0, 0.1) is 0 Å². The molecule has 1 aliphatic heterocycles. The summed E-state index contributed by atoms with van der Waals surface area (Å²) in [5, 5.41) is 9.44. The average Bonchev–Trinajstić information content (AvgIpc) is 3.45. The second-order valence-corrected chi connectivity index (χ2v) is 7.35. The number of rotatable bonds is 5. The zero-order chi connectivity index (χ0) is 19.8. The van der Waals surface area contributed by atoms with Gasteiger partial charge in [0.2, 0.25) is 11.8 Å². The number of anilines is 1. The number of hydrogen-bond donors (Lipinski definition) is 0. The number of benzene rings is 2. The lowest BCUT2D eigenvalue weighted by Gasteiger charge is -2.19. The molecule has 0 saturated heterocycles. The number of aromatic nitrogens is 3. The van der Waals surface area contributed by atoms with E-state index < -0.39 is 0 Å². The molecular formula is C23H22N4O2. The molecule has 2 aromatic heterocycles. The number of hydrogen-bond acceptors (Lipinski definition) is 4. The highest BCUT2D eigenvalue weighted by Gasteiger charge is 2.26. The van der Waals surface area contributed by atoms with Gasteiger partial charge in [-0.2, -0.15) is 0 Å². The molecule has 29 heavy (non-hydrogen) atoms. The predicted molar refractivity (Wildman–Crippen MR) is 112 cm³/mol. The third-order valence-electron chi connectivity index (χ3n) is 5.44. The fourth-order valence-electron chi connectivity index (χ4n) is 4.05. The van der Waals surface area contributed by atoms with Crippen molar-refractivity contribution in [2.24, 2.45) is 0 Å². The van der Waals surface area contributed by atoms with E-state index in [2.05, 4.69) is 23.2 Å². The smallest absolute Gasteiger partial charge is 0.264 e. The Labute approximate surface area is 168 Å². The Bertz CT molecular complexity index is 1190. The van der Waals surface area contributed by atoms with E-state index in [4.69, 9.17) is 4.42 Å². The van der Waals surface area contributed by atoms with Crippen LogP contribution in [0.15, 0.2) is 59.0 Å². The maximum Gasteiger partial charge on any atom is 0.264 e. The quantitative estimate of drug-likeness (QED) is 0.515. The largest absolute Gasteiger partial charge is 0.419 e. The average molecular weight is 386 g/mol. The number of fused-ring (bicyclic) bond motifs is 2. The van der Waals surface area contributed by atoms with Crippen LogP contribution in [-0.4, -0.2) is 27.2 Å². The molecule has 0 N–H and O–H groups in total. The first-order valence-corrected chi connectivity index (χ1v) is 10.0. The Morgan fingerprint density at radius 1 is 1.10 bits per heavy atom. The minimum absolute atomic E-state index is 0.0610. The number of carbonyl (C=O) groups is 1. The van der Waals surface area contributed by atoms with Crippen molar-refractivity contribution in [3.05, 3.63) is 66.1 Å². The summed E-state index contributed by atoms with van der Waals surface area (Å²) in [5.74, 6) is 1.14. The lowest BCUT2D eigenvalue weighted by atomic mass is 10.2. The Hall–Kier alpha value is -3.41. The molecular weight excluding hydrogens is 364 g/mol. The Morgan fingerprint density at radius 3 is 2.83 bits per heavy atom. The number of amides is 1. The number of nitrogens with zero attached hydrogens (tertiary/aromatic N) is 4. The van der Waals surface area contributed by atoms with Gasteiger partial charge in [0.15, 0.2) is 0 Å². The van der Waals surface area contributed by atoms with Crippen LogP contribution in [0.25, 0.3) is 22.5 Å². The van der Waals surface area contributed by atoms with Crippen molar-refractivity contribution in [2.75, 3.05) is 11.4 Å². The van der Waals surface area contributed by atoms with Gasteiger partial charge in [0.1, 0.15) is 12.2 Å². The number of carbonyl (C=O) groups excluding carboxylic acids is 1. The third-order valence-corrected chi connectivity index (χ3v) is 5.44. The van der Waals surface area contributed by atoms with E-state index >= 15 is 0 Å². The minimum atomic E-state index is 0.0610. The minimum Gasteiger partial charge on any atom is -0.419 e. The topological polar surface area (TPSA) is 64.2 Å². The Balaban J connectivity index is 1.53. The molecule has 0 fully saturated rings. The highest BCUT2D eigenvalue weighted by Crippen LogP contribution is 2.30. The van der Waals surface area contributed by atoms with Crippen LogP contribution in [0.1, 0.15) is 24.8 Å². The first kappa shape index (κ1) is 17.7. The molecule has 6 nitrogen and oxygen atoms in total. The standard InChI is InChI=1S/C23H22N4O2/c1-2-7-21-24-25-23(29-21)20-14-17-9-4-6-11-19(17)27(20)15-22(28)26-13-12-16-8-3-5-10-18(16)26/h3-6,8-11,14H,2,7,12-13,15H2,1H3. The summed E-state index contributed by atoms with van der Waals surface area (Å²) in [5.41, 5.74) is 4.00. The molecule has 3 heterocycles. The summed E-state index contributed by atoms with van der Waals surface area (Å²) in [6.07, 6.45) is 2.58. The zero-order valence-corrected chi connectivity index (χ0v) is 16.3. The Kier molecular flexibility index (Phi) is 4.39. The van der Waals surface area contributed by atoms with E-state index in [0.29, 0.717) is 18.3 Å². The maximum atomic E-state index is 13.2. The van der Waals surface area contributed by atoms with E-state index in [1.54, 1.807) is 0 Å². The van der Waals surface area contributed by atoms with Crippen molar-refractivity contribution in [2.45, 2.75) is 32.7 Å². The van der Waals surface area contributed by atoms with Gasteiger partial charge in [-0.15, -0.1) is 10.2 Å². The van der Waals surface area contributed by atoms with Gasteiger partial charge in [-0.1, -0.05) is 43.3 Å². The highest BCUT2D eigenvalue weighted by atomic mass is 16.4. The lowest BCUT2D eigenvalue weighted by Crippen LogP contribution is -2.32. The molecule has 0 spiro atoms. The normalized spacial score (nSPS) is 13.2. The van der Waals surface area contributed by atoms with Crippen molar-refractivity contribution >= 4 is 22.5 Å². The molecule has 0 saturated carbocycles. The number of aryl methyl sites for hydroxylation is 1. The predicted octanol–water partition coefficient (Wildman–Crippen LogP) is 4.23. The highest BCUT2D eigenvalue weighted by molar-refractivity contribution is 5.97. The van der Waals surface area contributed by atoms with Gasteiger partial charge < -0.3 is 13.9 Å². The van der Waals surface area contributed by atoms with Crippen LogP contribution >= 0.6 is 0 Å². The zero-order valence-electron chi connectivity index (χ0n) is 16.3. The third kappa shape index (κ3) is 3.10. The molecule has 0 atom stereocenters. The molecule has 1 amide bonds. The van der Waals surface area contributed by atoms with Gasteiger partial charge in [0.25, 0.3) is 5.89 Å². The summed E-state index contributed by atoms with van der Waals surface area (Å²) in [6.45, 7) is 3.02. The maximum absolute atomic E-state index is 13.2. The fourth-order valence-corrected chi connectivity index (χ4v) is 4.05. The summed E-state index contributed by atoms with van der Waals surface area (Å²) in [7, 11) is 0. The van der Waals surface area contributed by atoms with Crippen LogP contribution < -0.4 is 4.90 Å². The molecule has 146 valence electrons. The van der Waals surface area contributed by atoms with E-state index in [1.807, 2.05) is 58.0 Å². The van der Waals surface area contributed by atoms with Crippen LogP contribution in [0.4, 0.5) is 5.69 Å². The molecule has 0 bridgehead atoms. The van der Waals surface area contributed by atoms with Crippen LogP contribution in [-0.2, 0) is 24.2 Å². The van der Waals surface area contributed by atoms with Gasteiger partial charge in [-0.05, 0) is 36.6 Å². The summed E-state index contributed by atoms with van der Waals surface area (Å²) >= 11 is 0. The second-order valence-electron chi connectivity index (χ2n) is 7.35. The van der Waals surface area contributed by atoms with Crippen LogP contribution in [0.5, 0.6) is 0 Å². The molecule has 0 radical (unpaired) electrons. The van der Waals surface area contributed by atoms with Crippen LogP contribution in [0.2, 0.25) is 0 Å². The van der Waals surface area contributed by atoms with Crippen molar-refractivity contribution in [1.82, 2.24) is 14.8 Å². The number of para-hydroxylation sites is 2. The van der Waals surface area contributed by atoms with Crippen molar-refractivity contribution in [3.63, 3.8) is 0 Å². The molecule has 0 aliphatic carbocycles. The van der Waals surface area contributed by atoms with Gasteiger partial charge in [0.05, 0.1) is 0 Å². The van der Waals surface area contributed by atoms with Crippen molar-refractivity contribution in [1.29, 1.82) is 0 Å². The monoisotopic (exact) mass is 386 g/mol. The van der Waals surface area contributed by atoms with Gasteiger partial charge in [-0.25, -0.2) is 0 Å². The first-order valence-electron chi connectivity index (χ1n) is 10.0. The van der Waals surface area contributed by atoms with Crippen molar-refractivity contribution in [3.8, 4) is 11.6 Å². The molecule has 6 heteroatoms. The Morgan fingerprint density at radius 2 is 1.93 bits per heavy atom. The van der Waals surface area contributed by atoms with Gasteiger partial charge >= 0.3 is 0 Å². The summed E-state index contributed by atoms with van der Waals surface area (Å²) in [6, 6.07) is 18.2. The van der Waals surface area contributed by atoms with Gasteiger partial charge in [0, 0.05) is 29.6 Å². The van der Waals surface area contributed by atoms with E-state index in [9.17, 15) is 4.79 Å². The van der Waals surface area contributed by atoms with Crippen molar-refractivity contribution < 1.29 is 9.21 Å². The summed E-state index contributed by atoms with van der Waals surface area (Å²) in [4.78, 5) is 15.1. The van der Waals surface area contributed by atoms with Crippen LogP contribution in [0.3, 0.4) is 0 Å². The van der Waals surface area contributed by atoms with E-state index in [-0.39, 0.29) is 12.5 Å². The molecule has 1 aliphatic rings. The molecule has 0 unspecified atom stereocenters. The molecule has 2 aromatic carbocycles. The fraction of sp³-hybridized carbons (Fsp3) is 0.261. The summed E-state index contributed by atoms with van der Waals surface area (Å²) < 4.78 is 7.86. The van der Waals surface area contributed by atoms with E-state index in [1.165, 1.54) is 5.56 Å². The molecule has 4 aromatic rings. The second kappa shape index (κ2) is 7.20. The lowest BCUT2D eigenvalue weighted by molar-refractivity contribution is -0.119.